The molecule has 4 heterocycles. The van der Waals surface area contributed by atoms with E-state index >= 15 is 0 Å². The average molecular weight is 892 g/mol. The first-order valence-electron chi connectivity index (χ1n) is 23.1. The van der Waals surface area contributed by atoms with Crippen molar-refractivity contribution < 1.29 is 77.8 Å². The SMILES string of the molecule is CC1C2C(C[C@H]3[C@@H]4CC[C@H]5C[C@@H](O[C@@H]6O[C@H](COC(=O)Nc7ccccc7F)[C@@H](O[C@@H]7O[C@H](CO)[C@@H](O)[C@H](O)[C@H]7O)[C@H](O)[C@H]6O)CC[C@]5(C)[C@H]4C(=O)C[C@]23C)O[C@]12CC[C@@H](C)CO2. The Morgan fingerprint density at radius 2 is 1.60 bits per heavy atom. The third kappa shape index (κ3) is 7.86. The van der Waals surface area contributed by atoms with Crippen molar-refractivity contribution in [2.24, 2.45) is 52.3 Å². The Kier molecular flexibility index (Phi) is 12.6. The molecule has 8 fully saturated rings. The van der Waals surface area contributed by atoms with Crippen LogP contribution in [0.2, 0.25) is 0 Å². The highest BCUT2D eigenvalue weighted by molar-refractivity contribution is 5.85. The predicted molar refractivity (Wildman–Crippen MR) is 218 cm³/mol. The zero-order chi connectivity index (χ0) is 44.7. The third-order valence-electron chi connectivity index (χ3n) is 17.2. The predicted octanol–water partition coefficient (Wildman–Crippen LogP) is 3.02. The first-order valence-corrected chi connectivity index (χ1v) is 23.1. The van der Waals surface area contributed by atoms with E-state index < -0.39 is 98.4 Å². The van der Waals surface area contributed by atoms with Gasteiger partial charge in [-0.2, -0.15) is 0 Å². The van der Waals surface area contributed by atoms with Crippen molar-refractivity contribution in [2.75, 3.05) is 25.1 Å². The summed E-state index contributed by atoms with van der Waals surface area (Å²) >= 11 is 0. The first kappa shape index (κ1) is 45.8. The Morgan fingerprint density at radius 3 is 2.33 bits per heavy atom. The van der Waals surface area contributed by atoms with Crippen molar-refractivity contribution in [3.63, 3.8) is 0 Å². The molecule has 4 aliphatic carbocycles. The van der Waals surface area contributed by atoms with Crippen LogP contribution in [0.25, 0.3) is 0 Å². The van der Waals surface area contributed by atoms with E-state index in [1.807, 2.05) is 0 Å². The highest BCUT2D eigenvalue weighted by Crippen LogP contribution is 2.70. The fraction of sp³-hybridized carbons (Fsp3) is 0.826. The van der Waals surface area contributed by atoms with Gasteiger partial charge in [0.05, 0.1) is 31.1 Å². The van der Waals surface area contributed by atoms with Crippen LogP contribution in [-0.2, 0) is 38.0 Å². The van der Waals surface area contributed by atoms with Crippen molar-refractivity contribution in [1.82, 2.24) is 0 Å². The number of ketones is 1. The van der Waals surface area contributed by atoms with Gasteiger partial charge in [-0.1, -0.05) is 39.8 Å². The Morgan fingerprint density at radius 1 is 0.873 bits per heavy atom. The van der Waals surface area contributed by atoms with E-state index in [0.29, 0.717) is 49.9 Å². The van der Waals surface area contributed by atoms with Crippen LogP contribution >= 0.6 is 0 Å². The number of rotatable bonds is 8. The Balaban J connectivity index is 0.873. The minimum Gasteiger partial charge on any atom is -0.446 e. The van der Waals surface area contributed by atoms with Crippen LogP contribution in [0, 0.1) is 58.1 Å². The van der Waals surface area contributed by atoms with E-state index in [4.69, 9.17) is 33.2 Å². The molecule has 63 heavy (non-hydrogen) atoms. The second-order valence-corrected chi connectivity index (χ2v) is 20.7. The number of hydrogen-bond acceptors (Lipinski definition) is 15. The molecule has 1 spiro atoms. The maximum Gasteiger partial charge on any atom is 0.411 e. The van der Waals surface area contributed by atoms with Crippen molar-refractivity contribution in [1.29, 1.82) is 0 Å². The molecule has 16 nitrogen and oxygen atoms in total. The molecule has 0 aromatic heterocycles. The third-order valence-corrected chi connectivity index (χ3v) is 17.2. The van der Waals surface area contributed by atoms with Crippen LogP contribution in [0.1, 0.15) is 85.5 Å². The summed E-state index contributed by atoms with van der Waals surface area (Å²) in [6.45, 7) is 8.47. The Bertz CT molecular complexity index is 1830. The number of para-hydroxylation sites is 1. The zero-order valence-corrected chi connectivity index (χ0v) is 36.5. The number of hydrogen-bond donors (Lipinski definition) is 7. The summed E-state index contributed by atoms with van der Waals surface area (Å²) in [5, 5.41) is 66.5. The molecule has 1 aromatic carbocycles. The molecule has 4 saturated heterocycles. The molecule has 17 heteroatoms. The monoisotopic (exact) mass is 891 g/mol. The normalized spacial score (nSPS) is 50.6. The van der Waals surface area contributed by atoms with Gasteiger partial charge in [-0.25, -0.2) is 9.18 Å². The lowest BCUT2D eigenvalue weighted by atomic mass is 9.44. The van der Waals surface area contributed by atoms with Crippen molar-refractivity contribution in [2.45, 2.75) is 165 Å². The number of fused-ring (bicyclic) bond motifs is 7. The van der Waals surface area contributed by atoms with Gasteiger partial charge in [0, 0.05) is 24.7 Å². The number of carbonyl (C=O) groups excluding carboxylic acids is 2. The standard InChI is InChI=1S/C46H66FNO15/c1-21-11-14-46(58-19-21)22(2)33-30(63-46)16-26-25-10-9-23-15-24(12-13-44(23,3)34(25)29(50)17-45(26,33)4)59-41-39(55)37(53)40(62-42-38(54)36(52)35(51)31(18-49)60-42)32(61-41)20-57-43(56)48-28-8-6-5-7-27(28)47/h5-8,21-26,30-42,49,51-55H,9-20H2,1-4H3,(H,48,56)/t21-,22?,23+,24+,25+,26+,30?,31-,32-,33?,34-,35-,36+,37-,38-,39-,40-,41-,42+,44+,45+,46-/m1/s1. The van der Waals surface area contributed by atoms with Crippen molar-refractivity contribution in [3.8, 4) is 0 Å². The molecule has 0 radical (unpaired) electrons. The number of ether oxygens (including phenoxy) is 7. The second kappa shape index (κ2) is 17.4. The number of amides is 1. The maximum atomic E-state index is 14.6. The van der Waals surface area contributed by atoms with Gasteiger partial charge in [-0.15, -0.1) is 0 Å². The van der Waals surface area contributed by atoms with E-state index in [2.05, 4.69) is 33.0 Å². The lowest BCUT2D eigenvalue weighted by molar-refractivity contribution is -0.364. The number of Topliss-reactive ketones (excluding diaryl/α,β-unsaturated/α-hetero) is 1. The van der Waals surface area contributed by atoms with E-state index in [0.717, 1.165) is 38.2 Å². The van der Waals surface area contributed by atoms with Gasteiger partial charge in [-0.3, -0.25) is 10.1 Å². The van der Waals surface area contributed by atoms with Gasteiger partial charge in [0.2, 0.25) is 0 Å². The van der Waals surface area contributed by atoms with Gasteiger partial charge in [0.25, 0.3) is 0 Å². The van der Waals surface area contributed by atoms with Crippen LogP contribution in [0.5, 0.6) is 0 Å². The summed E-state index contributed by atoms with van der Waals surface area (Å²) in [7, 11) is 0. The fourth-order valence-electron chi connectivity index (χ4n) is 13.9. The molecule has 22 atom stereocenters. The molecule has 4 aliphatic heterocycles. The van der Waals surface area contributed by atoms with E-state index in [9.17, 15) is 44.6 Å². The number of carbonyl (C=O) groups is 2. The number of aliphatic hydroxyl groups is 6. The molecule has 1 amide bonds. The number of anilines is 1. The molecular formula is C46H66FNO15. The van der Waals surface area contributed by atoms with Crippen LogP contribution in [0.15, 0.2) is 24.3 Å². The molecular weight excluding hydrogens is 825 g/mol. The molecule has 8 aliphatic rings. The van der Waals surface area contributed by atoms with Crippen LogP contribution in [-0.4, -0.2) is 142 Å². The molecule has 0 bridgehead atoms. The highest BCUT2D eigenvalue weighted by Gasteiger charge is 2.71. The van der Waals surface area contributed by atoms with Gasteiger partial charge in [-0.05, 0) is 97.5 Å². The summed E-state index contributed by atoms with van der Waals surface area (Å²) in [6, 6.07) is 5.46. The molecule has 352 valence electrons. The number of benzene rings is 1. The lowest BCUT2D eigenvalue weighted by Crippen LogP contribution is -2.65. The first-order chi connectivity index (χ1) is 30.0. The fourth-order valence-corrected chi connectivity index (χ4v) is 13.9. The van der Waals surface area contributed by atoms with Gasteiger partial charge < -0.3 is 63.8 Å². The maximum absolute atomic E-state index is 14.6. The number of aliphatic hydroxyl groups excluding tert-OH is 6. The van der Waals surface area contributed by atoms with Crippen LogP contribution in [0.3, 0.4) is 0 Å². The number of halogens is 1. The lowest BCUT2D eigenvalue weighted by Gasteiger charge is -2.60. The zero-order valence-electron chi connectivity index (χ0n) is 36.5. The summed E-state index contributed by atoms with van der Waals surface area (Å²) in [6.07, 6.45) is -10.5. The van der Waals surface area contributed by atoms with Crippen molar-refractivity contribution in [3.05, 3.63) is 30.1 Å². The summed E-state index contributed by atoms with van der Waals surface area (Å²) < 4.78 is 57.1. The van der Waals surface area contributed by atoms with E-state index in [-0.39, 0.29) is 52.2 Å². The summed E-state index contributed by atoms with van der Waals surface area (Å²) in [5.41, 5.74) is -0.556. The van der Waals surface area contributed by atoms with Crippen molar-refractivity contribution >= 4 is 17.6 Å². The molecule has 7 N–H and O–H groups in total. The van der Waals surface area contributed by atoms with Crippen LogP contribution in [0.4, 0.5) is 14.9 Å². The quantitative estimate of drug-likeness (QED) is 0.186. The average Bonchev–Trinajstić information content (AvgIpc) is 3.70. The minimum absolute atomic E-state index is 0.0825. The second-order valence-electron chi connectivity index (χ2n) is 20.7. The Labute approximate surface area is 367 Å². The van der Waals surface area contributed by atoms with Crippen LogP contribution < -0.4 is 5.32 Å². The number of nitrogens with one attached hydrogen (secondary N) is 1. The largest absolute Gasteiger partial charge is 0.446 e. The summed E-state index contributed by atoms with van der Waals surface area (Å²) in [4.78, 5) is 27.5. The summed E-state index contributed by atoms with van der Waals surface area (Å²) in [5.74, 6) is 0.791. The highest BCUT2D eigenvalue weighted by atomic mass is 19.1. The minimum atomic E-state index is -1.85. The van der Waals surface area contributed by atoms with E-state index in [1.165, 1.54) is 18.2 Å². The van der Waals surface area contributed by atoms with E-state index in [1.54, 1.807) is 0 Å². The van der Waals surface area contributed by atoms with Gasteiger partial charge >= 0.3 is 6.09 Å². The molecule has 1 aromatic rings. The Hall–Kier alpha value is -2.39. The molecule has 9 rings (SSSR count). The molecule has 4 saturated carbocycles. The molecule has 3 unspecified atom stereocenters. The van der Waals surface area contributed by atoms with Gasteiger partial charge in [0.1, 0.15) is 67.0 Å². The van der Waals surface area contributed by atoms with Gasteiger partial charge in [0.15, 0.2) is 18.4 Å². The topological polar surface area (TPSA) is 232 Å². The smallest absolute Gasteiger partial charge is 0.411 e.